The van der Waals surface area contributed by atoms with E-state index in [-0.39, 0.29) is 0 Å². The summed E-state index contributed by atoms with van der Waals surface area (Å²) in [6.45, 7) is 0. The molecule has 0 bridgehead atoms. The Kier molecular flexibility index (Phi) is 5.00. The van der Waals surface area contributed by atoms with E-state index >= 15 is 0 Å². The molecule has 0 aliphatic rings. The standard InChI is InChI=1S/C36H21N5S/c1-2-8-22(9-3-1)34-26-11-4-6-12-30(26)39-35(40-34)23-14-16-24(17-15-23)41-31-13-7-5-10-25(31)27-19-33-28(18-32(27)41)29-20-37-21-38-36(29)42-33/h1-21H. The van der Waals surface area contributed by atoms with Gasteiger partial charge in [0.15, 0.2) is 5.82 Å². The molecule has 0 amide bonds. The van der Waals surface area contributed by atoms with Gasteiger partial charge in [0.2, 0.25) is 0 Å². The SMILES string of the molecule is c1ccc(-c2nc(-c3ccc(-n4c5ccccc5c5cc6sc7ncncc7c6cc54)cc3)nc3ccccc23)cc1. The van der Waals surface area contributed by atoms with Crippen LogP contribution >= 0.6 is 11.3 Å². The quantitative estimate of drug-likeness (QED) is 0.218. The lowest BCUT2D eigenvalue weighted by Gasteiger charge is -2.11. The van der Waals surface area contributed by atoms with Crippen LogP contribution in [0.15, 0.2) is 128 Å². The third kappa shape index (κ3) is 3.49. The molecule has 0 fully saturated rings. The fourth-order valence-electron chi connectivity index (χ4n) is 6.04. The number of nitrogens with zero attached hydrogens (tertiary/aromatic N) is 5. The predicted octanol–water partition coefficient (Wildman–Crippen LogP) is 9.22. The van der Waals surface area contributed by atoms with Crippen LogP contribution in [0.5, 0.6) is 0 Å². The van der Waals surface area contributed by atoms with E-state index in [2.05, 4.69) is 99.5 Å². The van der Waals surface area contributed by atoms with E-state index in [9.17, 15) is 0 Å². The van der Waals surface area contributed by atoms with E-state index in [1.165, 1.54) is 26.4 Å². The zero-order valence-electron chi connectivity index (χ0n) is 22.3. The molecule has 5 nitrogen and oxygen atoms in total. The summed E-state index contributed by atoms with van der Waals surface area (Å²) in [6, 6.07) is 40.3. The number of fused-ring (bicyclic) bond motifs is 7. The van der Waals surface area contributed by atoms with Crippen molar-refractivity contribution < 1.29 is 0 Å². The van der Waals surface area contributed by atoms with Crippen molar-refractivity contribution in [1.82, 2.24) is 24.5 Å². The van der Waals surface area contributed by atoms with Crippen molar-refractivity contribution in [3.63, 3.8) is 0 Å². The van der Waals surface area contributed by atoms with Crippen molar-refractivity contribution in [2.75, 3.05) is 0 Å². The summed E-state index contributed by atoms with van der Waals surface area (Å²) in [4.78, 5) is 19.8. The smallest absolute Gasteiger partial charge is 0.160 e. The topological polar surface area (TPSA) is 56.5 Å². The Bertz CT molecular complexity index is 2460. The Balaban J connectivity index is 1.23. The number of hydrogen-bond donors (Lipinski definition) is 0. The number of thiophene rings is 1. The third-order valence-electron chi connectivity index (χ3n) is 7.98. The van der Waals surface area contributed by atoms with E-state index in [1.807, 2.05) is 36.5 Å². The van der Waals surface area contributed by atoms with E-state index in [0.717, 1.165) is 49.1 Å². The maximum atomic E-state index is 5.06. The number of rotatable bonds is 3. The largest absolute Gasteiger partial charge is 0.309 e. The second-order valence-electron chi connectivity index (χ2n) is 10.4. The van der Waals surface area contributed by atoms with Gasteiger partial charge in [0.1, 0.15) is 11.2 Å². The minimum atomic E-state index is 0.716. The fraction of sp³-hybridized carbons (Fsp3) is 0. The first-order chi connectivity index (χ1) is 20.8. The molecule has 9 aromatic rings. The minimum Gasteiger partial charge on any atom is -0.309 e. The third-order valence-corrected chi connectivity index (χ3v) is 9.06. The summed E-state index contributed by atoms with van der Waals surface area (Å²) in [7, 11) is 0. The minimum absolute atomic E-state index is 0.716. The molecule has 5 aromatic carbocycles. The van der Waals surface area contributed by atoms with Gasteiger partial charge in [0.25, 0.3) is 0 Å². The Morgan fingerprint density at radius 3 is 2.24 bits per heavy atom. The second kappa shape index (κ2) is 9.03. The van der Waals surface area contributed by atoms with Crippen LogP contribution in [0.2, 0.25) is 0 Å². The molecule has 0 saturated heterocycles. The Morgan fingerprint density at radius 1 is 0.571 bits per heavy atom. The summed E-state index contributed by atoms with van der Waals surface area (Å²) < 4.78 is 3.57. The van der Waals surface area contributed by atoms with Gasteiger partial charge in [0.05, 0.1) is 22.2 Å². The molecule has 0 spiro atoms. The molecule has 42 heavy (non-hydrogen) atoms. The van der Waals surface area contributed by atoms with Gasteiger partial charge in [-0.15, -0.1) is 11.3 Å². The summed E-state index contributed by atoms with van der Waals surface area (Å²) in [5, 5.41) is 5.78. The van der Waals surface area contributed by atoms with Gasteiger partial charge in [-0.1, -0.05) is 66.7 Å². The Hall–Kier alpha value is -5.46. The van der Waals surface area contributed by atoms with Gasteiger partial charge in [0, 0.05) is 54.6 Å². The molecule has 0 saturated carbocycles. The maximum Gasteiger partial charge on any atom is 0.160 e. The van der Waals surface area contributed by atoms with Crippen LogP contribution < -0.4 is 0 Å². The molecule has 0 N–H and O–H groups in total. The van der Waals surface area contributed by atoms with Crippen LogP contribution in [-0.2, 0) is 0 Å². The van der Waals surface area contributed by atoms with Crippen LogP contribution in [0.3, 0.4) is 0 Å². The molecule has 0 aliphatic heterocycles. The normalized spacial score (nSPS) is 11.8. The van der Waals surface area contributed by atoms with Gasteiger partial charge in [-0.3, -0.25) is 0 Å². The van der Waals surface area contributed by atoms with Crippen molar-refractivity contribution in [1.29, 1.82) is 0 Å². The van der Waals surface area contributed by atoms with Crippen LogP contribution in [0.1, 0.15) is 0 Å². The van der Waals surface area contributed by atoms with Gasteiger partial charge in [-0.2, -0.15) is 0 Å². The first kappa shape index (κ1) is 23.3. The number of benzene rings is 5. The lowest BCUT2D eigenvalue weighted by molar-refractivity contribution is 1.17. The zero-order valence-corrected chi connectivity index (χ0v) is 23.1. The van der Waals surface area contributed by atoms with Crippen LogP contribution in [0.4, 0.5) is 0 Å². The predicted molar refractivity (Wildman–Crippen MR) is 173 cm³/mol. The monoisotopic (exact) mass is 555 g/mol. The van der Waals surface area contributed by atoms with Gasteiger partial charge in [-0.05, 0) is 48.5 Å². The van der Waals surface area contributed by atoms with Gasteiger partial charge in [-0.25, -0.2) is 19.9 Å². The molecule has 0 radical (unpaired) electrons. The highest BCUT2D eigenvalue weighted by Gasteiger charge is 2.17. The lowest BCUT2D eigenvalue weighted by atomic mass is 10.1. The molecular weight excluding hydrogens is 534 g/mol. The summed E-state index contributed by atoms with van der Waals surface area (Å²) >= 11 is 1.72. The Morgan fingerprint density at radius 2 is 1.36 bits per heavy atom. The first-order valence-electron chi connectivity index (χ1n) is 13.8. The van der Waals surface area contributed by atoms with Crippen LogP contribution in [0, 0.1) is 0 Å². The highest BCUT2D eigenvalue weighted by atomic mass is 32.1. The van der Waals surface area contributed by atoms with E-state index < -0.39 is 0 Å². The molecule has 0 aliphatic carbocycles. The Labute approximate surface area is 244 Å². The number of aromatic nitrogens is 5. The molecule has 9 rings (SSSR count). The molecule has 0 atom stereocenters. The van der Waals surface area contributed by atoms with Gasteiger partial charge >= 0.3 is 0 Å². The highest BCUT2D eigenvalue weighted by Crippen LogP contribution is 2.40. The highest BCUT2D eigenvalue weighted by molar-refractivity contribution is 7.25. The fourth-order valence-corrected chi connectivity index (χ4v) is 7.07. The van der Waals surface area contributed by atoms with Crippen LogP contribution in [-0.4, -0.2) is 24.5 Å². The van der Waals surface area contributed by atoms with E-state index in [1.54, 1.807) is 17.7 Å². The lowest BCUT2D eigenvalue weighted by Crippen LogP contribution is -1.97. The first-order valence-corrected chi connectivity index (χ1v) is 14.6. The molecule has 4 aromatic heterocycles. The summed E-state index contributed by atoms with van der Waals surface area (Å²) in [6.07, 6.45) is 3.54. The molecule has 196 valence electrons. The maximum absolute atomic E-state index is 5.06. The van der Waals surface area contributed by atoms with Crippen molar-refractivity contribution in [3.8, 4) is 28.3 Å². The van der Waals surface area contributed by atoms with Crippen molar-refractivity contribution in [2.45, 2.75) is 0 Å². The summed E-state index contributed by atoms with van der Waals surface area (Å²) in [5.74, 6) is 0.716. The van der Waals surface area contributed by atoms with Crippen molar-refractivity contribution in [3.05, 3.63) is 128 Å². The average molecular weight is 556 g/mol. The number of para-hydroxylation sites is 2. The van der Waals surface area contributed by atoms with Crippen molar-refractivity contribution in [2.24, 2.45) is 0 Å². The molecular formula is C36H21N5S. The molecule has 6 heteroatoms. The summed E-state index contributed by atoms with van der Waals surface area (Å²) in [5.41, 5.74) is 7.36. The zero-order chi connectivity index (χ0) is 27.6. The van der Waals surface area contributed by atoms with E-state index in [4.69, 9.17) is 9.97 Å². The molecule has 0 unspecified atom stereocenters. The number of hydrogen-bond acceptors (Lipinski definition) is 5. The average Bonchev–Trinajstić information content (AvgIpc) is 3.58. The van der Waals surface area contributed by atoms with Crippen molar-refractivity contribution >= 4 is 64.3 Å². The second-order valence-corrected chi connectivity index (χ2v) is 11.4. The van der Waals surface area contributed by atoms with E-state index in [0.29, 0.717) is 5.82 Å². The molecule has 4 heterocycles. The van der Waals surface area contributed by atoms with Crippen LogP contribution in [0.25, 0.3) is 81.3 Å². The van der Waals surface area contributed by atoms with Gasteiger partial charge < -0.3 is 4.57 Å².